The first-order chi connectivity index (χ1) is 8.29. The minimum absolute atomic E-state index is 0.00772. The molecule has 0 atom stereocenters. The molecule has 4 nitrogen and oxygen atoms in total. The number of hydrogen-bond donors (Lipinski definition) is 1. The Morgan fingerprint density at radius 2 is 1.76 bits per heavy atom. The van der Waals surface area contributed by atoms with Crippen molar-refractivity contribution in [2.24, 2.45) is 0 Å². The monoisotopic (exact) mass is 228 g/mol. The lowest BCUT2D eigenvalue weighted by Crippen LogP contribution is -2.41. The normalized spacial score (nSPS) is 9.94. The van der Waals surface area contributed by atoms with Gasteiger partial charge in [0.15, 0.2) is 12.4 Å². The summed E-state index contributed by atoms with van der Waals surface area (Å²) >= 11 is 0. The average molecular weight is 228 g/mol. The number of nitrogens with one attached hydrogen (secondary N) is 1. The van der Waals surface area contributed by atoms with Crippen LogP contribution < -0.4 is 9.88 Å². The zero-order chi connectivity index (χ0) is 12.1. The molecular formula is C13H14N3O+. The molecule has 86 valence electrons. The lowest BCUT2D eigenvalue weighted by atomic mass is 10.1. The molecule has 2 aromatic heterocycles. The third kappa shape index (κ3) is 2.87. The van der Waals surface area contributed by atoms with E-state index in [0.29, 0.717) is 6.54 Å². The molecular weight excluding hydrogens is 214 g/mol. The molecule has 0 spiro atoms. The van der Waals surface area contributed by atoms with Gasteiger partial charge in [-0.2, -0.15) is 4.57 Å². The van der Waals surface area contributed by atoms with E-state index in [9.17, 15) is 4.79 Å². The Morgan fingerprint density at radius 3 is 2.35 bits per heavy atom. The standard InChI is InChI=1S/C13H13N3O/c1-14-13(17)10-16-8-4-12(5-9-16)11-2-6-15-7-3-11/h2-9H,10H2,1H3/p+1. The number of carbonyl (C=O) groups excluding carboxylic acids is 1. The van der Waals surface area contributed by atoms with E-state index in [-0.39, 0.29) is 5.91 Å². The summed E-state index contributed by atoms with van der Waals surface area (Å²) in [5, 5.41) is 2.59. The van der Waals surface area contributed by atoms with Crippen molar-refractivity contribution in [3.63, 3.8) is 0 Å². The molecule has 0 aromatic carbocycles. The molecule has 0 radical (unpaired) electrons. The Labute approximate surface area is 99.9 Å². The van der Waals surface area contributed by atoms with Gasteiger partial charge in [0.1, 0.15) is 0 Å². The first-order valence-corrected chi connectivity index (χ1v) is 5.39. The summed E-state index contributed by atoms with van der Waals surface area (Å²) in [4.78, 5) is 15.2. The predicted molar refractivity (Wildman–Crippen MR) is 63.9 cm³/mol. The average Bonchev–Trinajstić information content (AvgIpc) is 2.40. The second-order valence-corrected chi connectivity index (χ2v) is 3.67. The van der Waals surface area contributed by atoms with E-state index in [1.165, 1.54) is 0 Å². The van der Waals surface area contributed by atoms with E-state index < -0.39 is 0 Å². The minimum Gasteiger partial charge on any atom is -0.354 e. The van der Waals surface area contributed by atoms with Gasteiger partial charge in [-0.1, -0.05) is 0 Å². The van der Waals surface area contributed by atoms with Crippen LogP contribution in [-0.2, 0) is 11.3 Å². The first kappa shape index (κ1) is 11.3. The Hall–Kier alpha value is -2.23. The van der Waals surface area contributed by atoms with Crippen LogP contribution in [0.5, 0.6) is 0 Å². The van der Waals surface area contributed by atoms with Crippen LogP contribution in [0.2, 0.25) is 0 Å². The third-order valence-corrected chi connectivity index (χ3v) is 2.51. The van der Waals surface area contributed by atoms with Gasteiger partial charge in [-0.05, 0) is 23.3 Å². The van der Waals surface area contributed by atoms with Gasteiger partial charge in [-0.25, -0.2) is 0 Å². The fourth-order valence-electron chi connectivity index (χ4n) is 1.54. The summed E-state index contributed by atoms with van der Waals surface area (Å²) in [6.45, 7) is 0.340. The van der Waals surface area contributed by atoms with Crippen molar-refractivity contribution < 1.29 is 9.36 Å². The summed E-state index contributed by atoms with van der Waals surface area (Å²) in [5.41, 5.74) is 2.23. The van der Waals surface area contributed by atoms with Crippen LogP contribution in [0.4, 0.5) is 0 Å². The first-order valence-electron chi connectivity index (χ1n) is 5.39. The number of hydrogen-bond acceptors (Lipinski definition) is 2. The number of amides is 1. The summed E-state index contributed by atoms with van der Waals surface area (Å²) in [6.07, 6.45) is 7.32. The number of carbonyl (C=O) groups is 1. The van der Waals surface area contributed by atoms with Crippen LogP contribution in [0.25, 0.3) is 11.1 Å². The highest BCUT2D eigenvalue weighted by Crippen LogP contribution is 2.15. The highest BCUT2D eigenvalue weighted by molar-refractivity contribution is 5.73. The molecule has 1 amide bonds. The predicted octanol–water partition coefficient (Wildman–Crippen LogP) is 0.782. The van der Waals surface area contributed by atoms with Crippen LogP contribution in [0, 0.1) is 0 Å². The van der Waals surface area contributed by atoms with E-state index in [1.807, 2.05) is 41.2 Å². The van der Waals surface area contributed by atoms with Crippen molar-refractivity contribution in [3.8, 4) is 11.1 Å². The molecule has 4 heteroatoms. The largest absolute Gasteiger partial charge is 0.354 e. The van der Waals surface area contributed by atoms with E-state index in [1.54, 1.807) is 19.4 Å². The van der Waals surface area contributed by atoms with E-state index in [4.69, 9.17) is 0 Å². The van der Waals surface area contributed by atoms with Gasteiger partial charge in [-0.3, -0.25) is 9.78 Å². The molecule has 2 rings (SSSR count). The molecule has 2 heterocycles. The Bertz CT molecular complexity index is 494. The Balaban J connectivity index is 2.16. The molecule has 0 bridgehead atoms. The number of pyridine rings is 2. The molecule has 0 aliphatic rings. The summed E-state index contributed by atoms with van der Waals surface area (Å²) < 4.78 is 1.84. The Morgan fingerprint density at radius 1 is 1.18 bits per heavy atom. The van der Waals surface area contributed by atoms with Crippen molar-refractivity contribution in [2.75, 3.05) is 7.05 Å². The fourth-order valence-corrected chi connectivity index (χ4v) is 1.54. The topological polar surface area (TPSA) is 45.9 Å². The van der Waals surface area contributed by atoms with E-state index in [0.717, 1.165) is 11.1 Å². The molecule has 2 aromatic rings. The zero-order valence-corrected chi connectivity index (χ0v) is 9.63. The lowest BCUT2D eigenvalue weighted by molar-refractivity contribution is -0.684. The van der Waals surface area contributed by atoms with Gasteiger partial charge in [0.2, 0.25) is 6.54 Å². The molecule has 17 heavy (non-hydrogen) atoms. The van der Waals surface area contributed by atoms with Gasteiger partial charge in [0.25, 0.3) is 5.91 Å². The highest BCUT2D eigenvalue weighted by Gasteiger charge is 2.07. The zero-order valence-electron chi connectivity index (χ0n) is 9.63. The van der Waals surface area contributed by atoms with Crippen molar-refractivity contribution in [1.82, 2.24) is 10.3 Å². The highest BCUT2D eigenvalue weighted by atomic mass is 16.1. The minimum atomic E-state index is -0.00772. The molecule has 0 aliphatic heterocycles. The van der Waals surface area contributed by atoms with E-state index in [2.05, 4.69) is 10.3 Å². The summed E-state index contributed by atoms with van der Waals surface area (Å²) in [5.74, 6) is -0.00772. The maximum atomic E-state index is 11.2. The second kappa shape index (κ2) is 5.21. The van der Waals surface area contributed by atoms with Gasteiger partial charge >= 0.3 is 0 Å². The van der Waals surface area contributed by atoms with Crippen LogP contribution >= 0.6 is 0 Å². The van der Waals surface area contributed by atoms with Gasteiger partial charge in [0.05, 0.1) is 0 Å². The van der Waals surface area contributed by atoms with Gasteiger partial charge in [0, 0.05) is 31.6 Å². The maximum Gasteiger partial charge on any atom is 0.285 e. The van der Waals surface area contributed by atoms with Crippen molar-refractivity contribution >= 4 is 5.91 Å². The maximum absolute atomic E-state index is 11.2. The smallest absolute Gasteiger partial charge is 0.285 e. The third-order valence-electron chi connectivity index (χ3n) is 2.51. The van der Waals surface area contributed by atoms with Gasteiger partial charge in [-0.15, -0.1) is 0 Å². The van der Waals surface area contributed by atoms with E-state index >= 15 is 0 Å². The van der Waals surface area contributed by atoms with Crippen LogP contribution in [-0.4, -0.2) is 17.9 Å². The van der Waals surface area contributed by atoms with Crippen LogP contribution in [0.1, 0.15) is 0 Å². The molecule has 1 N–H and O–H groups in total. The molecule has 0 fully saturated rings. The summed E-state index contributed by atoms with van der Waals surface area (Å²) in [6, 6.07) is 7.88. The fraction of sp³-hybridized carbons (Fsp3) is 0.154. The van der Waals surface area contributed by atoms with Gasteiger partial charge < -0.3 is 5.32 Å². The quantitative estimate of drug-likeness (QED) is 0.789. The van der Waals surface area contributed by atoms with Crippen LogP contribution in [0.3, 0.4) is 0 Å². The van der Waals surface area contributed by atoms with Crippen molar-refractivity contribution in [1.29, 1.82) is 0 Å². The second-order valence-electron chi connectivity index (χ2n) is 3.67. The SMILES string of the molecule is CNC(=O)C[n+]1ccc(-c2ccncc2)cc1. The number of rotatable bonds is 3. The Kier molecular flexibility index (Phi) is 3.45. The molecule has 0 saturated heterocycles. The molecule has 0 unspecified atom stereocenters. The lowest BCUT2D eigenvalue weighted by Gasteiger charge is -2.00. The number of likely N-dealkylation sites (N-methyl/N-ethyl adjacent to an activating group) is 1. The van der Waals surface area contributed by atoms with Crippen molar-refractivity contribution in [2.45, 2.75) is 6.54 Å². The van der Waals surface area contributed by atoms with Crippen LogP contribution in [0.15, 0.2) is 49.1 Å². The van der Waals surface area contributed by atoms with Crippen molar-refractivity contribution in [3.05, 3.63) is 49.1 Å². The summed E-state index contributed by atoms with van der Waals surface area (Å²) in [7, 11) is 1.63. The number of nitrogens with zero attached hydrogens (tertiary/aromatic N) is 2. The number of aromatic nitrogens is 2. The molecule has 0 saturated carbocycles. The molecule has 0 aliphatic carbocycles.